The molecule has 4 aromatic rings. The molecule has 3 amide bonds. The van der Waals surface area contributed by atoms with E-state index in [0.717, 1.165) is 54.9 Å². The number of para-hydroxylation sites is 3. The molecule has 8 N–H and O–H groups in total. The molecule has 0 unspecified atom stereocenters. The summed E-state index contributed by atoms with van der Waals surface area (Å²) in [6.07, 6.45) is 13.7. The molecule has 4 aliphatic rings. The van der Waals surface area contributed by atoms with Gasteiger partial charge < -0.3 is 53.2 Å². The van der Waals surface area contributed by atoms with Crippen LogP contribution in [-0.2, 0) is 47.1 Å². The number of anilines is 3. The van der Waals surface area contributed by atoms with Crippen molar-refractivity contribution in [2.24, 2.45) is 5.73 Å². The van der Waals surface area contributed by atoms with Gasteiger partial charge in [0, 0.05) is 94.8 Å². The largest absolute Gasteiger partial charge is 1.00 e. The maximum atomic E-state index is 12.9. The molecule has 23 heteroatoms. The van der Waals surface area contributed by atoms with Crippen LogP contribution >= 0.6 is 55.7 Å². The van der Waals surface area contributed by atoms with E-state index in [1.165, 1.54) is 44.9 Å². The fraction of sp³-hybridized carbons (Fsp3) is 0.439. The van der Waals surface area contributed by atoms with Gasteiger partial charge in [-0.25, -0.2) is 4.68 Å². The second-order valence-corrected chi connectivity index (χ2v) is 16.3. The quantitative estimate of drug-likeness (QED) is 0.0320. The molecule has 2 aromatic carbocycles. The van der Waals surface area contributed by atoms with E-state index in [-0.39, 0.29) is 137 Å². The van der Waals surface area contributed by atoms with Crippen molar-refractivity contribution in [1.82, 2.24) is 30.2 Å². The zero-order chi connectivity index (χ0) is 45.1. The molecule has 0 spiro atoms. The first-order chi connectivity index (χ1) is 30.3. The number of nitrogens with zero attached hydrogens (tertiary/aromatic N) is 6. The third kappa shape index (κ3) is 21.2. The van der Waals surface area contributed by atoms with Gasteiger partial charge in [-0.15, -0.1) is 21.8 Å². The number of carbonyl (C=O) groups is 3. The number of fused-ring (bicyclic) bond motifs is 1. The summed E-state index contributed by atoms with van der Waals surface area (Å²) in [6.45, 7) is 4.65. The van der Waals surface area contributed by atoms with Crippen molar-refractivity contribution in [3.63, 3.8) is 0 Å². The van der Waals surface area contributed by atoms with E-state index in [1.54, 1.807) is 67.8 Å². The fourth-order valence-electron chi connectivity index (χ4n) is 6.58. The molecule has 2 aromatic heterocycles. The summed E-state index contributed by atoms with van der Waals surface area (Å²) >= 11 is 7.64. The van der Waals surface area contributed by atoms with E-state index in [9.17, 15) is 19.5 Å². The summed E-state index contributed by atoms with van der Waals surface area (Å²) < 4.78 is 6.96. The number of thiol groups is 1. The maximum absolute atomic E-state index is 12.9. The molecule has 3 aliphatic heterocycles. The third-order valence-corrected chi connectivity index (χ3v) is 11.9. The number of piperidine rings is 1. The zero-order valence-corrected chi connectivity index (χ0v) is 49.4. The number of alkyl halides is 1. The molecule has 0 atom stereocenters. The van der Waals surface area contributed by atoms with Crippen molar-refractivity contribution in [2.45, 2.75) is 51.0 Å². The number of ether oxygens (including phenoxy) is 1. The fourth-order valence-corrected chi connectivity index (χ4v) is 8.20. The number of imide groups is 1. The van der Waals surface area contributed by atoms with Gasteiger partial charge >= 0.3 is 68.9 Å². The molecule has 2 saturated heterocycles. The number of amides is 3. The topological polar surface area (TPSA) is 227 Å². The van der Waals surface area contributed by atoms with Crippen molar-refractivity contribution in [1.29, 1.82) is 0 Å². The number of aromatic hydroxyl groups is 1. The monoisotopic (exact) mass is 1170 g/mol. The summed E-state index contributed by atoms with van der Waals surface area (Å²) in [4.78, 5) is 37.6. The van der Waals surface area contributed by atoms with Crippen LogP contribution < -0.4 is 101 Å². The summed E-state index contributed by atoms with van der Waals surface area (Å²) in [5.41, 5.74) is 14.7. The van der Waals surface area contributed by atoms with Crippen LogP contribution in [0.25, 0.3) is 16.9 Å². The van der Waals surface area contributed by atoms with Crippen molar-refractivity contribution in [2.75, 3.05) is 79.8 Å². The molecular weight excluding hydrogens is 1120 g/mol. The Morgan fingerprint density at radius 2 is 1.70 bits per heavy atom. The van der Waals surface area contributed by atoms with Crippen LogP contribution in [0.2, 0.25) is 0 Å². The average Bonchev–Trinajstić information content (AvgIpc) is 3.80. The Balaban J connectivity index is 0.000000521. The minimum atomic E-state index is -0.263. The molecule has 1 radical (unpaired) electrons. The Hall–Kier alpha value is -0.924. The van der Waals surface area contributed by atoms with Gasteiger partial charge in [0.1, 0.15) is 23.8 Å². The van der Waals surface area contributed by atoms with Crippen molar-refractivity contribution < 1.29 is 131 Å². The number of hydrogen-bond acceptors (Lipinski definition) is 16. The predicted octanol–water partition coefficient (Wildman–Crippen LogP) is 2.96. The van der Waals surface area contributed by atoms with E-state index in [2.05, 4.69) is 65.0 Å². The number of aromatic nitrogens is 4. The van der Waals surface area contributed by atoms with Crippen LogP contribution in [0.3, 0.4) is 0 Å². The number of benzene rings is 2. The van der Waals surface area contributed by atoms with Crippen molar-refractivity contribution in [3.05, 3.63) is 73.4 Å². The third-order valence-electron chi connectivity index (χ3n) is 9.44. The standard InChI is InChI=1S/C23H27N7O2.C8H9NO.C5H6NO2.C4H11NOS2.CH3Cl.ClHS.Cs.Y/c24-23-20(12-19(26-27-23)18-8-4-5-9-21(18)31)30-14-17(13-25-30)29-11-10-28(15-22(29)32)16-6-2-1-3-7-16;1-2-4-8-7(3-1)9-5-6-10-8;7-4-2-1-3-5(8)6-4;5-1-3-7-8-4-2-6;2*1-2;;/h4-5,8-9,12-14,16,31H,1-3,6-7,10-11,15H2,(H2,24,27);1-4,9H,5-6H2;2H,1,3H2,(H,6,7,8);6H,1-5H2;1H3;2H;;/q;;-1;;;;+1;. The number of phenols is 1. The Labute approximate surface area is 483 Å². The molecule has 5 heterocycles. The molecule has 16 nitrogen and oxygen atoms in total. The van der Waals surface area contributed by atoms with Crippen molar-refractivity contribution in [3.8, 4) is 28.4 Å². The van der Waals surface area contributed by atoms with Crippen LogP contribution in [0.4, 0.5) is 17.2 Å². The number of phenolic OH excluding ortho intramolecular Hbond substituents is 1. The first-order valence-electron chi connectivity index (χ1n) is 20.0. The van der Waals surface area contributed by atoms with E-state index in [1.807, 2.05) is 30.3 Å². The second kappa shape index (κ2) is 36.1. The summed E-state index contributed by atoms with van der Waals surface area (Å²) in [6, 6.07) is 17.2. The minimum Gasteiger partial charge on any atom is -0.507 e. The summed E-state index contributed by atoms with van der Waals surface area (Å²) in [5.74, 6) is 2.74. The number of hydrogen-bond donors (Lipinski definition) is 7. The number of rotatable bonds is 9. The van der Waals surface area contributed by atoms with Crippen molar-refractivity contribution >= 4 is 90.6 Å². The normalized spacial score (nSPS) is 15.3. The van der Waals surface area contributed by atoms with E-state index in [4.69, 9.17) is 21.3 Å². The van der Waals surface area contributed by atoms with Crippen LogP contribution in [0.1, 0.15) is 44.9 Å². The van der Waals surface area contributed by atoms with Crippen LogP contribution in [-0.4, -0.2) is 123 Å². The molecule has 0 bridgehead atoms. The van der Waals surface area contributed by atoms with Gasteiger partial charge in [-0.2, -0.15) is 11.5 Å². The molecule has 64 heavy (non-hydrogen) atoms. The smallest absolute Gasteiger partial charge is 0.507 e. The Kier molecular flexibility index (Phi) is 34.5. The number of nitrogens with one attached hydrogen (secondary N) is 2. The number of halogens is 2. The average molecular weight is 1170 g/mol. The van der Waals surface area contributed by atoms with Gasteiger partial charge in [0.2, 0.25) is 11.8 Å². The summed E-state index contributed by atoms with van der Waals surface area (Å²) in [7, 11) is 7.71. The Bertz CT molecular complexity index is 1920. The van der Waals surface area contributed by atoms with Crippen LogP contribution in [0.15, 0.2) is 67.0 Å². The van der Waals surface area contributed by atoms with Gasteiger partial charge in [-0.1, -0.05) is 77.0 Å². The first kappa shape index (κ1) is 61.1. The first-order valence-corrected chi connectivity index (χ1v) is 24.6. The van der Waals surface area contributed by atoms with Crippen LogP contribution in [0, 0.1) is 6.42 Å². The number of nitrogen functional groups attached to an aromatic ring is 1. The van der Waals surface area contributed by atoms with Gasteiger partial charge in [-0.05, 0) is 53.9 Å². The van der Waals surface area contributed by atoms with Gasteiger partial charge in [0.15, 0.2) is 5.82 Å². The van der Waals surface area contributed by atoms with Gasteiger partial charge in [0.05, 0.1) is 48.5 Å². The zero-order valence-electron chi connectivity index (χ0n) is 36.3. The summed E-state index contributed by atoms with van der Waals surface area (Å²) in [5, 5.41) is 36.4. The number of aliphatic hydroxyl groups is 1. The molecule has 1 saturated carbocycles. The Morgan fingerprint density at radius 1 is 1.00 bits per heavy atom. The van der Waals surface area contributed by atoms with Gasteiger partial charge in [0.25, 0.3) is 0 Å². The second-order valence-electron chi connectivity index (χ2n) is 13.6. The number of aliphatic hydroxyl groups excluding tert-OH is 1. The van der Waals surface area contributed by atoms with E-state index in [0.29, 0.717) is 48.9 Å². The molecule has 3 fully saturated rings. The SMILES string of the molecule is CCl.NCCSSCCO.Nc1nnc(-c2ccccc2O)cc1-n1cc(N2CCN(C3CCCCC3)CC2=O)cn1.O=C1[CH-]CCC(=O)N1.SCl.[Cs+].[Y].c1ccc2c(c1)NCCO2. The molecule has 8 rings (SSSR count). The number of piperazine rings is 1. The molecule has 1 aliphatic carbocycles. The van der Waals surface area contributed by atoms with Gasteiger partial charge in [-0.3, -0.25) is 14.5 Å². The predicted molar refractivity (Wildman–Crippen MR) is 256 cm³/mol. The minimum absolute atomic E-state index is 0. The molecular formula is C41H57Cl2CsN10O6S3Y. The molecule has 343 valence electrons. The maximum Gasteiger partial charge on any atom is 1.00 e. The van der Waals surface area contributed by atoms with E-state index >= 15 is 0 Å². The van der Waals surface area contributed by atoms with E-state index < -0.39 is 0 Å². The number of nitrogens with two attached hydrogens (primary N) is 2. The van der Waals surface area contributed by atoms with Crippen LogP contribution in [0.5, 0.6) is 11.5 Å². The number of carbonyl (C=O) groups excluding carboxylic acids is 3. The Morgan fingerprint density at radius 3 is 2.34 bits per heavy atom.